The molecule has 4 nitrogen and oxygen atoms in total. The SMILES string of the molecule is CC(C)(C)[C@H](N)C(=O)Nc1cc(Cl)cc(Br)c1OC(F)F. The molecule has 0 bridgehead atoms. The summed E-state index contributed by atoms with van der Waals surface area (Å²) in [5, 5.41) is 2.72. The Balaban J connectivity index is 3.09. The lowest BCUT2D eigenvalue weighted by Gasteiger charge is -2.26. The first-order valence-electron chi connectivity index (χ1n) is 6.02. The number of nitrogens with one attached hydrogen (secondary N) is 1. The highest BCUT2D eigenvalue weighted by molar-refractivity contribution is 9.10. The molecule has 0 saturated heterocycles. The van der Waals surface area contributed by atoms with Gasteiger partial charge < -0.3 is 15.8 Å². The van der Waals surface area contributed by atoms with Crippen LogP contribution in [-0.4, -0.2) is 18.6 Å². The number of nitrogens with two attached hydrogens (primary N) is 1. The number of halogens is 4. The highest BCUT2D eigenvalue weighted by Gasteiger charge is 2.28. The largest absolute Gasteiger partial charge is 0.431 e. The summed E-state index contributed by atoms with van der Waals surface area (Å²) in [6, 6.07) is 1.88. The molecule has 0 aromatic heterocycles. The van der Waals surface area contributed by atoms with E-state index in [2.05, 4.69) is 26.0 Å². The normalized spacial score (nSPS) is 13.2. The lowest BCUT2D eigenvalue weighted by molar-refractivity contribution is -0.119. The van der Waals surface area contributed by atoms with Gasteiger partial charge in [0.2, 0.25) is 5.91 Å². The number of hydrogen-bond donors (Lipinski definition) is 2. The summed E-state index contributed by atoms with van der Waals surface area (Å²) in [5.74, 6) is -0.723. The topological polar surface area (TPSA) is 64.4 Å². The minimum absolute atomic E-state index is 0.0272. The molecule has 1 rings (SSSR count). The van der Waals surface area contributed by atoms with Gasteiger partial charge in [-0.2, -0.15) is 8.78 Å². The Kier molecular flexibility index (Phi) is 5.95. The Hall–Kier alpha value is -0.920. The van der Waals surface area contributed by atoms with Crippen LogP contribution in [0.3, 0.4) is 0 Å². The van der Waals surface area contributed by atoms with E-state index in [0.29, 0.717) is 0 Å². The van der Waals surface area contributed by atoms with Gasteiger partial charge in [0, 0.05) is 5.02 Å². The fourth-order valence-electron chi connectivity index (χ4n) is 1.47. The van der Waals surface area contributed by atoms with E-state index in [-0.39, 0.29) is 20.9 Å². The number of amides is 1. The Morgan fingerprint density at radius 3 is 2.48 bits per heavy atom. The number of anilines is 1. The molecular weight excluding hydrogens is 370 g/mol. The molecule has 1 aromatic carbocycles. The molecule has 0 aliphatic heterocycles. The Morgan fingerprint density at radius 1 is 1.43 bits per heavy atom. The monoisotopic (exact) mass is 384 g/mol. The summed E-state index contributed by atoms with van der Waals surface area (Å²) in [6.45, 7) is 2.35. The molecule has 0 aliphatic rings. The van der Waals surface area contributed by atoms with Crippen molar-refractivity contribution in [1.29, 1.82) is 0 Å². The van der Waals surface area contributed by atoms with Gasteiger partial charge in [0.1, 0.15) is 0 Å². The zero-order valence-electron chi connectivity index (χ0n) is 11.7. The van der Waals surface area contributed by atoms with Gasteiger partial charge in [0.25, 0.3) is 0 Å². The lowest BCUT2D eigenvalue weighted by atomic mass is 9.87. The number of alkyl halides is 2. The Morgan fingerprint density at radius 2 is 2.00 bits per heavy atom. The standard InChI is InChI=1S/C13H16BrClF2N2O2/c1-13(2,3)10(18)11(20)19-8-5-6(15)4-7(14)9(8)21-12(16)17/h4-5,10,12H,18H2,1-3H3,(H,19,20)/t10-/m1/s1. The van der Waals surface area contributed by atoms with Gasteiger partial charge in [0.15, 0.2) is 5.75 Å². The number of rotatable bonds is 4. The maximum absolute atomic E-state index is 12.5. The Bertz CT molecular complexity index is 536. The van der Waals surface area contributed by atoms with E-state index in [1.807, 2.05) is 0 Å². The molecule has 1 amide bonds. The van der Waals surface area contributed by atoms with E-state index in [4.69, 9.17) is 17.3 Å². The minimum Gasteiger partial charge on any atom is -0.431 e. The van der Waals surface area contributed by atoms with Crippen molar-refractivity contribution in [3.8, 4) is 5.75 Å². The van der Waals surface area contributed by atoms with Gasteiger partial charge in [-0.15, -0.1) is 0 Å². The van der Waals surface area contributed by atoms with E-state index >= 15 is 0 Å². The first-order chi connectivity index (χ1) is 9.52. The van der Waals surface area contributed by atoms with Gasteiger partial charge in [-0.05, 0) is 33.5 Å². The first kappa shape index (κ1) is 18.1. The zero-order valence-corrected chi connectivity index (χ0v) is 14.1. The van der Waals surface area contributed by atoms with E-state index in [9.17, 15) is 13.6 Å². The molecule has 21 heavy (non-hydrogen) atoms. The molecule has 1 atom stereocenters. The molecule has 0 unspecified atom stereocenters. The van der Waals surface area contributed by atoms with E-state index in [0.717, 1.165) is 0 Å². The molecule has 0 heterocycles. The summed E-state index contributed by atoms with van der Waals surface area (Å²) in [5.41, 5.74) is 5.37. The van der Waals surface area contributed by atoms with E-state index < -0.39 is 24.0 Å². The predicted octanol–water partition coefficient (Wildman–Crippen LogP) is 4.02. The fraction of sp³-hybridized carbons (Fsp3) is 0.462. The fourth-order valence-corrected chi connectivity index (χ4v) is 2.37. The van der Waals surface area contributed by atoms with Crippen molar-refractivity contribution in [3.05, 3.63) is 21.6 Å². The Labute approximate surface area is 135 Å². The van der Waals surface area contributed by atoms with Crippen LogP contribution in [0.2, 0.25) is 5.02 Å². The number of carbonyl (C=O) groups excluding carboxylic acids is 1. The minimum atomic E-state index is -3.03. The molecule has 0 aliphatic carbocycles. The quantitative estimate of drug-likeness (QED) is 0.823. The van der Waals surface area contributed by atoms with Gasteiger partial charge in [-0.3, -0.25) is 4.79 Å². The highest BCUT2D eigenvalue weighted by Crippen LogP contribution is 2.37. The molecule has 0 spiro atoms. The molecule has 1 aromatic rings. The summed E-state index contributed by atoms with van der Waals surface area (Å²) >= 11 is 8.92. The average Bonchev–Trinajstić information content (AvgIpc) is 2.30. The third-order valence-electron chi connectivity index (χ3n) is 2.69. The maximum Gasteiger partial charge on any atom is 0.387 e. The van der Waals surface area contributed by atoms with Crippen molar-refractivity contribution in [2.45, 2.75) is 33.4 Å². The molecule has 3 N–H and O–H groups in total. The van der Waals surface area contributed by atoms with Crippen LogP contribution >= 0.6 is 27.5 Å². The number of carbonyl (C=O) groups is 1. The third kappa shape index (κ3) is 5.09. The molecule has 0 saturated carbocycles. The second-order valence-corrected chi connectivity index (χ2v) is 6.77. The summed E-state index contributed by atoms with van der Waals surface area (Å²) in [7, 11) is 0. The average molecular weight is 386 g/mol. The second kappa shape index (κ2) is 6.89. The summed E-state index contributed by atoms with van der Waals surface area (Å²) in [4.78, 5) is 12.1. The predicted molar refractivity (Wildman–Crippen MR) is 81.8 cm³/mol. The molecular formula is C13H16BrClF2N2O2. The van der Waals surface area contributed by atoms with Gasteiger partial charge in [0.05, 0.1) is 16.2 Å². The van der Waals surface area contributed by atoms with Crippen molar-refractivity contribution in [3.63, 3.8) is 0 Å². The number of hydrogen-bond acceptors (Lipinski definition) is 3. The molecule has 118 valence electrons. The maximum atomic E-state index is 12.5. The van der Waals surface area contributed by atoms with Crippen LogP contribution in [0.4, 0.5) is 14.5 Å². The van der Waals surface area contributed by atoms with Crippen LogP contribution < -0.4 is 15.8 Å². The van der Waals surface area contributed by atoms with Crippen LogP contribution in [0, 0.1) is 5.41 Å². The first-order valence-corrected chi connectivity index (χ1v) is 7.19. The van der Waals surface area contributed by atoms with Crippen molar-refractivity contribution in [2.24, 2.45) is 11.1 Å². The van der Waals surface area contributed by atoms with Gasteiger partial charge in [-0.1, -0.05) is 32.4 Å². The van der Waals surface area contributed by atoms with Crippen LogP contribution in [0.5, 0.6) is 5.75 Å². The molecule has 8 heteroatoms. The van der Waals surface area contributed by atoms with Crippen LogP contribution in [0.15, 0.2) is 16.6 Å². The van der Waals surface area contributed by atoms with E-state index in [1.54, 1.807) is 20.8 Å². The molecule has 0 radical (unpaired) electrons. The van der Waals surface area contributed by atoms with Gasteiger partial charge in [-0.25, -0.2) is 0 Å². The third-order valence-corrected chi connectivity index (χ3v) is 3.50. The van der Waals surface area contributed by atoms with Crippen molar-refractivity contribution in [2.75, 3.05) is 5.32 Å². The van der Waals surface area contributed by atoms with Crippen LogP contribution in [-0.2, 0) is 4.79 Å². The van der Waals surface area contributed by atoms with Gasteiger partial charge >= 0.3 is 6.61 Å². The van der Waals surface area contributed by atoms with Crippen LogP contribution in [0.25, 0.3) is 0 Å². The number of ether oxygens (including phenoxy) is 1. The zero-order chi connectivity index (χ0) is 16.4. The number of benzene rings is 1. The molecule has 0 fully saturated rings. The summed E-state index contributed by atoms with van der Waals surface area (Å²) < 4.78 is 29.5. The van der Waals surface area contributed by atoms with Crippen molar-refractivity contribution >= 4 is 39.1 Å². The summed E-state index contributed by atoms with van der Waals surface area (Å²) in [6.07, 6.45) is 0. The lowest BCUT2D eigenvalue weighted by Crippen LogP contribution is -2.45. The smallest absolute Gasteiger partial charge is 0.387 e. The van der Waals surface area contributed by atoms with Crippen LogP contribution in [0.1, 0.15) is 20.8 Å². The van der Waals surface area contributed by atoms with Crippen molar-refractivity contribution in [1.82, 2.24) is 0 Å². The second-order valence-electron chi connectivity index (χ2n) is 5.48. The van der Waals surface area contributed by atoms with Crippen molar-refractivity contribution < 1.29 is 18.3 Å². The highest BCUT2D eigenvalue weighted by atomic mass is 79.9. The van der Waals surface area contributed by atoms with E-state index in [1.165, 1.54) is 12.1 Å².